The summed E-state index contributed by atoms with van der Waals surface area (Å²) in [6, 6.07) is 9.13. The zero-order valence-electron chi connectivity index (χ0n) is 17.3. The van der Waals surface area contributed by atoms with Crippen LogP contribution in [0.2, 0.25) is 0 Å². The van der Waals surface area contributed by atoms with Gasteiger partial charge in [0.15, 0.2) is 9.84 Å². The standard InChI is InChI=1S/C21H23N3O5S2/c1-14-8-15(2)10-16(9-14)20-22-23-21(29-20)30-12-19(25)24(11-18-4-3-6-28-18)17-5-7-31(26,27)13-17/h3-4,6,8-10,17H,5,7,11-13H2,1-2H3/t17-/m1/s1. The average molecular weight is 462 g/mol. The molecule has 10 heteroatoms. The first-order valence-corrected chi connectivity index (χ1v) is 12.7. The summed E-state index contributed by atoms with van der Waals surface area (Å²) < 4.78 is 35.0. The van der Waals surface area contributed by atoms with Gasteiger partial charge in [-0.25, -0.2) is 8.42 Å². The van der Waals surface area contributed by atoms with Gasteiger partial charge in [-0.15, -0.1) is 10.2 Å². The minimum atomic E-state index is -3.13. The highest BCUT2D eigenvalue weighted by molar-refractivity contribution is 7.99. The van der Waals surface area contributed by atoms with Gasteiger partial charge in [0.1, 0.15) is 5.76 Å². The molecule has 8 nitrogen and oxygen atoms in total. The van der Waals surface area contributed by atoms with Gasteiger partial charge >= 0.3 is 0 Å². The monoisotopic (exact) mass is 461 g/mol. The summed E-state index contributed by atoms with van der Waals surface area (Å²) in [5.41, 5.74) is 3.02. The zero-order valence-corrected chi connectivity index (χ0v) is 18.9. The number of aryl methyl sites for hydroxylation is 2. The van der Waals surface area contributed by atoms with E-state index in [1.807, 2.05) is 26.0 Å². The van der Waals surface area contributed by atoms with Crippen molar-refractivity contribution in [3.63, 3.8) is 0 Å². The highest BCUT2D eigenvalue weighted by Crippen LogP contribution is 2.26. The lowest BCUT2D eigenvalue weighted by atomic mass is 10.1. The topological polar surface area (TPSA) is 107 Å². The Morgan fingerprint density at radius 1 is 1.23 bits per heavy atom. The normalized spacial score (nSPS) is 17.7. The maximum Gasteiger partial charge on any atom is 0.277 e. The largest absolute Gasteiger partial charge is 0.467 e. The molecule has 2 aromatic heterocycles. The fourth-order valence-corrected chi connectivity index (χ4v) is 6.08. The van der Waals surface area contributed by atoms with Crippen molar-refractivity contribution < 1.29 is 22.0 Å². The number of thioether (sulfide) groups is 1. The van der Waals surface area contributed by atoms with Gasteiger partial charge in [0.2, 0.25) is 11.8 Å². The first-order chi connectivity index (χ1) is 14.8. The maximum atomic E-state index is 13.0. The Bertz CT molecular complexity index is 1150. The van der Waals surface area contributed by atoms with Gasteiger partial charge in [-0.2, -0.15) is 0 Å². The molecule has 0 N–H and O–H groups in total. The van der Waals surface area contributed by atoms with Crippen molar-refractivity contribution in [2.24, 2.45) is 0 Å². The van der Waals surface area contributed by atoms with Crippen molar-refractivity contribution in [2.45, 2.75) is 38.1 Å². The van der Waals surface area contributed by atoms with Crippen LogP contribution in [0.3, 0.4) is 0 Å². The van der Waals surface area contributed by atoms with Crippen LogP contribution in [0, 0.1) is 13.8 Å². The van der Waals surface area contributed by atoms with Gasteiger partial charge in [0.25, 0.3) is 5.22 Å². The summed E-state index contributed by atoms with van der Waals surface area (Å²) in [6.45, 7) is 4.22. The lowest BCUT2D eigenvalue weighted by molar-refractivity contribution is -0.131. The molecular formula is C21H23N3O5S2. The third-order valence-corrected chi connectivity index (χ3v) is 7.62. The van der Waals surface area contributed by atoms with E-state index in [1.165, 1.54) is 6.26 Å². The van der Waals surface area contributed by atoms with E-state index in [9.17, 15) is 13.2 Å². The lowest BCUT2D eigenvalue weighted by Gasteiger charge is -2.27. The number of aromatic nitrogens is 2. The molecule has 0 unspecified atom stereocenters. The van der Waals surface area contributed by atoms with Crippen LogP contribution in [-0.2, 0) is 21.2 Å². The van der Waals surface area contributed by atoms with E-state index in [0.717, 1.165) is 28.5 Å². The molecule has 1 aliphatic rings. The van der Waals surface area contributed by atoms with Crippen LogP contribution >= 0.6 is 11.8 Å². The van der Waals surface area contributed by atoms with Crippen molar-refractivity contribution in [3.05, 3.63) is 53.5 Å². The number of rotatable bonds is 7. The van der Waals surface area contributed by atoms with Crippen LogP contribution in [0.25, 0.3) is 11.5 Å². The molecule has 164 valence electrons. The maximum absolute atomic E-state index is 13.0. The summed E-state index contributed by atoms with van der Waals surface area (Å²) in [5.74, 6) is 0.936. The van der Waals surface area contributed by atoms with Gasteiger partial charge in [-0.3, -0.25) is 4.79 Å². The van der Waals surface area contributed by atoms with Crippen LogP contribution in [-0.4, -0.2) is 52.7 Å². The van der Waals surface area contributed by atoms with E-state index in [-0.39, 0.29) is 35.8 Å². The Morgan fingerprint density at radius 2 is 2.00 bits per heavy atom. The second-order valence-electron chi connectivity index (χ2n) is 7.70. The van der Waals surface area contributed by atoms with Crippen molar-refractivity contribution in [1.82, 2.24) is 15.1 Å². The Labute approximate surface area is 184 Å². The van der Waals surface area contributed by atoms with Gasteiger partial charge < -0.3 is 13.7 Å². The number of hydrogen-bond acceptors (Lipinski definition) is 8. The predicted molar refractivity (Wildman–Crippen MR) is 116 cm³/mol. The Morgan fingerprint density at radius 3 is 2.65 bits per heavy atom. The highest BCUT2D eigenvalue weighted by Gasteiger charge is 2.35. The lowest BCUT2D eigenvalue weighted by Crippen LogP contribution is -2.41. The molecular weight excluding hydrogens is 438 g/mol. The SMILES string of the molecule is Cc1cc(C)cc(-c2nnc(SCC(=O)N(Cc3ccco3)[C@@H]3CCS(=O)(=O)C3)o2)c1. The quantitative estimate of drug-likeness (QED) is 0.494. The van der Waals surface area contributed by atoms with Crippen molar-refractivity contribution in [1.29, 1.82) is 0 Å². The molecule has 0 radical (unpaired) electrons. The summed E-state index contributed by atoms with van der Waals surface area (Å²) in [6.07, 6.45) is 1.96. The number of benzene rings is 1. The van der Waals surface area contributed by atoms with Crippen LogP contribution in [0.1, 0.15) is 23.3 Å². The fourth-order valence-electron chi connectivity index (χ4n) is 3.70. The number of amides is 1. The zero-order chi connectivity index (χ0) is 22.0. The van der Waals surface area contributed by atoms with Crippen LogP contribution in [0.15, 0.2) is 50.7 Å². The number of hydrogen-bond donors (Lipinski definition) is 0. The Kier molecular flexibility index (Phi) is 6.19. The first-order valence-electron chi connectivity index (χ1n) is 9.86. The molecule has 31 heavy (non-hydrogen) atoms. The van der Waals surface area contributed by atoms with E-state index >= 15 is 0 Å². The van der Waals surface area contributed by atoms with Crippen molar-refractivity contribution >= 4 is 27.5 Å². The third-order valence-electron chi connectivity index (χ3n) is 5.07. The minimum absolute atomic E-state index is 0.0263. The van der Waals surface area contributed by atoms with Crippen LogP contribution in [0.5, 0.6) is 0 Å². The summed E-state index contributed by atoms with van der Waals surface area (Å²) in [5, 5.41) is 8.42. The summed E-state index contributed by atoms with van der Waals surface area (Å²) in [7, 11) is -3.13. The van der Waals surface area contributed by atoms with Gasteiger partial charge in [-0.1, -0.05) is 29.0 Å². The van der Waals surface area contributed by atoms with E-state index in [2.05, 4.69) is 16.3 Å². The molecule has 1 amide bonds. The predicted octanol–water partition coefficient (Wildman–Crippen LogP) is 3.25. The number of furan rings is 1. The molecule has 0 spiro atoms. The van der Waals surface area contributed by atoms with E-state index in [4.69, 9.17) is 8.83 Å². The van der Waals surface area contributed by atoms with Crippen molar-refractivity contribution in [3.8, 4) is 11.5 Å². The van der Waals surface area contributed by atoms with Gasteiger partial charge in [-0.05, 0) is 44.5 Å². The number of nitrogens with zero attached hydrogens (tertiary/aromatic N) is 3. The third kappa shape index (κ3) is 5.37. The number of sulfone groups is 1. The second-order valence-corrected chi connectivity index (χ2v) is 10.9. The Balaban J connectivity index is 1.44. The molecule has 1 fully saturated rings. The molecule has 1 aliphatic heterocycles. The van der Waals surface area contributed by atoms with Crippen molar-refractivity contribution in [2.75, 3.05) is 17.3 Å². The summed E-state index contributed by atoms with van der Waals surface area (Å²) >= 11 is 1.14. The van der Waals surface area contributed by atoms with Gasteiger partial charge in [0, 0.05) is 11.6 Å². The highest BCUT2D eigenvalue weighted by atomic mass is 32.2. The molecule has 1 aromatic carbocycles. The molecule has 1 saturated heterocycles. The molecule has 3 heterocycles. The Hall–Kier alpha value is -2.59. The minimum Gasteiger partial charge on any atom is -0.467 e. The smallest absolute Gasteiger partial charge is 0.277 e. The molecule has 0 saturated carbocycles. The second kappa shape index (κ2) is 8.88. The fraction of sp³-hybridized carbons (Fsp3) is 0.381. The van der Waals surface area contributed by atoms with Crippen LogP contribution in [0.4, 0.5) is 0 Å². The van der Waals surface area contributed by atoms with E-state index in [1.54, 1.807) is 17.0 Å². The van der Waals surface area contributed by atoms with Crippen LogP contribution < -0.4 is 0 Å². The summed E-state index contributed by atoms with van der Waals surface area (Å²) in [4.78, 5) is 14.6. The van der Waals surface area contributed by atoms with E-state index in [0.29, 0.717) is 23.3 Å². The molecule has 0 bridgehead atoms. The molecule has 4 rings (SSSR count). The molecule has 3 aromatic rings. The molecule has 0 aliphatic carbocycles. The first kappa shape index (κ1) is 21.6. The van der Waals surface area contributed by atoms with Gasteiger partial charge in [0.05, 0.1) is 30.1 Å². The average Bonchev–Trinajstić information content (AvgIpc) is 3.44. The molecule has 1 atom stereocenters. The van der Waals surface area contributed by atoms with E-state index < -0.39 is 9.84 Å². The number of carbonyl (C=O) groups excluding carboxylic acids is 1. The number of carbonyl (C=O) groups is 1.